The number of guanidine groups is 1. The fourth-order valence-electron chi connectivity index (χ4n) is 3.88. The zero-order chi connectivity index (χ0) is 21.6. The second-order valence-corrected chi connectivity index (χ2v) is 7.58. The van der Waals surface area contributed by atoms with Crippen LogP contribution < -0.4 is 20.3 Å². The van der Waals surface area contributed by atoms with Crippen molar-refractivity contribution in [3.05, 3.63) is 58.9 Å². The lowest BCUT2D eigenvalue weighted by Gasteiger charge is -2.21. The highest BCUT2D eigenvalue weighted by molar-refractivity contribution is 14.0. The maximum Gasteiger partial charge on any atom is 0.227 e. The van der Waals surface area contributed by atoms with Crippen LogP contribution in [0.1, 0.15) is 29.5 Å². The van der Waals surface area contributed by atoms with Gasteiger partial charge < -0.3 is 25.0 Å². The van der Waals surface area contributed by atoms with Gasteiger partial charge in [-0.1, -0.05) is 12.1 Å². The van der Waals surface area contributed by atoms with E-state index in [9.17, 15) is 9.18 Å². The molecule has 2 aliphatic rings. The zero-order valence-electron chi connectivity index (χ0n) is 18.0. The van der Waals surface area contributed by atoms with E-state index in [1.165, 1.54) is 12.1 Å². The summed E-state index contributed by atoms with van der Waals surface area (Å²) in [6, 6.07) is 10.9. The molecule has 9 heteroatoms. The summed E-state index contributed by atoms with van der Waals surface area (Å²) in [5.41, 5.74) is 3.59. The van der Waals surface area contributed by atoms with Crippen LogP contribution in [0.5, 0.6) is 5.75 Å². The van der Waals surface area contributed by atoms with E-state index in [2.05, 4.69) is 15.6 Å². The number of benzene rings is 2. The average molecular weight is 554 g/mol. The van der Waals surface area contributed by atoms with Gasteiger partial charge in [-0.25, -0.2) is 4.39 Å². The number of amides is 1. The number of hydrogen-bond donors (Lipinski definition) is 2. The van der Waals surface area contributed by atoms with Gasteiger partial charge in [-0.15, -0.1) is 24.0 Å². The van der Waals surface area contributed by atoms with E-state index in [1.807, 2.05) is 29.2 Å². The molecule has 2 aromatic carbocycles. The van der Waals surface area contributed by atoms with Crippen LogP contribution in [0.3, 0.4) is 0 Å². The number of halogens is 2. The summed E-state index contributed by atoms with van der Waals surface area (Å²) in [4.78, 5) is 17.9. The van der Waals surface area contributed by atoms with Crippen LogP contribution in [0.15, 0.2) is 41.4 Å². The quantitative estimate of drug-likeness (QED) is 0.326. The van der Waals surface area contributed by atoms with E-state index >= 15 is 0 Å². The Balaban J connectivity index is 0.00000289. The highest BCUT2D eigenvalue weighted by Gasteiger charge is 2.21. The van der Waals surface area contributed by atoms with Crippen molar-refractivity contribution in [1.82, 2.24) is 10.6 Å². The first-order valence-electron chi connectivity index (χ1n) is 10.5. The van der Waals surface area contributed by atoms with Gasteiger partial charge in [0.15, 0.2) is 12.8 Å². The number of aliphatic imine (C=N–C) groups is 1. The highest BCUT2D eigenvalue weighted by Crippen LogP contribution is 2.29. The van der Waals surface area contributed by atoms with Gasteiger partial charge in [0.1, 0.15) is 11.6 Å². The van der Waals surface area contributed by atoms with E-state index < -0.39 is 0 Å². The molecule has 32 heavy (non-hydrogen) atoms. The molecule has 0 bridgehead atoms. The van der Waals surface area contributed by atoms with Gasteiger partial charge in [0.05, 0.1) is 6.61 Å². The van der Waals surface area contributed by atoms with Gasteiger partial charge in [-0.2, -0.15) is 0 Å². The largest absolute Gasteiger partial charge is 0.467 e. The van der Waals surface area contributed by atoms with Gasteiger partial charge in [0.25, 0.3) is 0 Å². The van der Waals surface area contributed by atoms with Crippen molar-refractivity contribution < 1.29 is 18.7 Å². The lowest BCUT2D eigenvalue weighted by atomic mass is 10.1. The summed E-state index contributed by atoms with van der Waals surface area (Å²) in [5.74, 6) is 1.28. The molecule has 0 spiro atoms. The topological polar surface area (TPSA) is 75.2 Å². The summed E-state index contributed by atoms with van der Waals surface area (Å²) in [6.45, 7) is 2.52. The molecule has 4 rings (SSSR count). The molecule has 1 amide bonds. The molecule has 2 aromatic rings. The van der Waals surface area contributed by atoms with Gasteiger partial charge in [-0.05, 0) is 48.2 Å². The predicted molar refractivity (Wildman–Crippen MR) is 132 cm³/mol. The summed E-state index contributed by atoms with van der Waals surface area (Å²) < 4.78 is 24.7. The minimum Gasteiger partial charge on any atom is -0.467 e. The first kappa shape index (κ1) is 24.2. The van der Waals surface area contributed by atoms with Crippen LogP contribution >= 0.6 is 24.0 Å². The molecule has 0 unspecified atom stereocenters. The molecule has 7 nitrogen and oxygen atoms in total. The van der Waals surface area contributed by atoms with Crippen molar-refractivity contribution in [2.75, 3.05) is 31.8 Å². The van der Waals surface area contributed by atoms with Gasteiger partial charge in [0, 0.05) is 44.4 Å². The summed E-state index contributed by atoms with van der Waals surface area (Å²) in [6.07, 6.45) is 2.14. The van der Waals surface area contributed by atoms with Gasteiger partial charge >= 0.3 is 0 Å². The van der Waals surface area contributed by atoms with Crippen LogP contribution in [-0.2, 0) is 29.1 Å². The standard InChI is InChI=1S/C23H27FN4O3.HI/c1-25-23(26-9-8-17-11-19(24)12-18-14-30-15-31-22(17)18)27-13-16-4-6-20(7-5-16)28-10-2-3-21(28)29;/h4-7,11-12H,2-3,8-10,13-15H2,1H3,(H2,25,26,27);1H. The van der Waals surface area contributed by atoms with Crippen molar-refractivity contribution in [3.63, 3.8) is 0 Å². The molecular weight excluding hydrogens is 526 g/mol. The molecule has 2 heterocycles. The van der Waals surface area contributed by atoms with Crippen LogP contribution in [0, 0.1) is 5.82 Å². The number of carbonyl (C=O) groups is 1. The minimum atomic E-state index is -0.288. The molecule has 0 atom stereocenters. The molecule has 0 saturated carbocycles. The van der Waals surface area contributed by atoms with E-state index in [4.69, 9.17) is 9.47 Å². The van der Waals surface area contributed by atoms with Gasteiger partial charge in [-0.3, -0.25) is 9.79 Å². The normalized spacial score (nSPS) is 15.6. The Hall–Kier alpha value is -2.40. The van der Waals surface area contributed by atoms with E-state index in [1.54, 1.807) is 7.05 Å². The predicted octanol–water partition coefficient (Wildman–Crippen LogP) is 3.34. The van der Waals surface area contributed by atoms with Crippen LogP contribution in [-0.4, -0.2) is 38.8 Å². The molecular formula is C23H28FIN4O3. The average Bonchev–Trinajstić information content (AvgIpc) is 3.22. The Morgan fingerprint density at radius 3 is 2.75 bits per heavy atom. The van der Waals surface area contributed by atoms with Crippen LogP contribution in [0.2, 0.25) is 0 Å². The lowest BCUT2D eigenvalue weighted by Crippen LogP contribution is -2.38. The number of fused-ring (bicyclic) bond motifs is 1. The number of rotatable bonds is 6. The number of anilines is 1. The third-order valence-electron chi connectivity index (χ3n) is 5.44. The maximum atomic E-state index is 13.9. The van der Waals surface area contributed by atoms with E-state index in [0.29, 0.717) is 44.2 Å². The number of nitrogens with one attached hydrogen (secondary N) is 2. The SMILES string of the molecule is CN=C(NCCc1cc(F)cc2c1OCOC2)NCc1ccc(N2CCCC2=O)cc1.I. The van der Waals surface area contributed by atoms with Gasteiger partial charge in [0.2, 0.25) is 5.91 Å². The van der Waals surface area contributed by atoms with Crippen molar-refractivity contribution >= 4 is 41.5 Å². The van der Waals surface area contributed by atoms with Crippen molar-refractivity contribution in [1.29, 1.82) is 0 Å². The molecule has 0 radical (unpaired) electrons. The Bertz CT molecular complexity index is 968. The first-order chi connectivity index (χ1) is 15.1. The number of ether oxygens (including phenoxy) is 2. The third kappa shape index (κ3) is 5.89. The number of hydrogen-bond acceptors (Lipinski definition) is 4. The first-order valence-corrected chi connectivity index (χ1v) is 10.5. The second-order valence-electron chi connectivity index (χ2n) is 7.58. The molecule has 0 aromatic heterocycles. The zero-order valence-corrected chi connectivity index (χ0v) is 20.4. The smallest absolute Gasteiger partial charge is 0.227 e. The molecule has 0 aliphatic carbocycles. The summed E-state index contributed by atoms with van der Waals surface area (Å²) in [7, 11) is 1.71. The Morgan fingerprint density at radius 2 is 2.03 bits per heavy atom. The molecule has 1 fully saturated rings. The fourth-order valence-corrected chi connectivity index (χ4v) is 3.88. The molecule has 2 N–H and O–H groups in total. The fraction of sp³-hybridized carbons (Fsp3) is 0.391. The Labute approximate surface area is 204 Å². The highest BCUT2D eigenvalue weighted by atomic mass is 127. The monoisotopic (exact) mass is 554 g/mol. The lowest BCUT2D eigenvalue weighted by molar-refractivity contribution is -0.117. The Morgan fingerprint density at radius 1 is 1.22 bits per heavy atom. The number of nitrogens with zero attached hydrogens (tertiary/aromatic N) is 2. The van der Waals surface area contributed by atoms with E-state index in [0.717, 1.165) is 35.3 Å². The van der Waals surface area contributed by atoms with Crippen molar-refractivity contribution in [3.8, 4) is 5.75 Å². The van der Waals surface area contributed by atoms with E-state index in [-0.39, 0.29) is 42.5 Å². The van der Waals surface area contributed by atoms with Crippen LogP contribution in [0.4, 0.5) is 10.1 Å². The summed E-state index contributed by atoms with van der Waals surface area (Å²) >= 11 is 0. The van der Waals surface area contributed by atoms with Crippen molar-refractivity contribution in [2.24, 2.45) is 4.99 Å². The minimum absolute atomic E-state index is 0. The molecule has 172 valence electrons. The molecule has 2 aliphatic heterocycles. The van der Waals surface area contributed by atoms with Crippen LogP contribution in [0.25, 0.3) is 0 Å². The molecule has 1 saturated heterocycles. The van der Waals surface area contributed by atoms with Crippen molar-refractivity contribution in [2.45, 2.75) is 32.4 Å². The summed E-state index contributed by atoms with van der Waals surface area (Å²) in [5, 5.41) is 6.53. The number of carbonyl (C=O) groups excluding carboxylic acids is 1. The Kier molecular flexibility index (Phi) is 8.68. The third-order valence-corrected chi connectivity index (χ3v) is 5.44. The second kappa shape index (κ2) is 11.5. The maximum absolute atomic E-state index is 13.9.